The minimum atomic E-state index is -1.02. The van der Waals surface area contributed by atoms with Crippen LogP contribution >= 0.6 is 0 Å². The van der Waals surface area contributed by atoms with Crippen LogP contribution in [0.5, 0.6) is 0 Å². The fraction of sp³-hybridized carbons (Fsp3) is 1.00. The van der Waals surface area contributed by atoms with E-state index in [0.29, 0.717) is 6.61 Å². The molecule has 0 saturated carbocycles. The molecule has 0 amide bonds. The minimum absolute atomic E-state index is 0.0261. The lowest BCUT2D eigenvalue weighted by molar-refractivity contribution is -0.402. The second-order valence-corrected chi connectivity index (χ2v) is 11.4. The molecule has 2 heterocycles. The molecule has 2 saturated heterocycles. The number of piperidine rings is 2. The Bertz CT molecular complexity index is 442. The molecule has 2 aliphatic heterocycles. The number of rotatable bonds is 6. The quantitative estimate of drug-likeness (QED) is 0.667. The molecule has 27 heavy (non-hydrogen) atoms. The number of hydrogen-bond acceptors (Lipinski definition) is 5. The van der Waals surface area contributed by atoms with E-state index in [1.54, 1.807) is 0 Å². The van der Waals surface area contributed by atoms with Crippen molar-refractivity contribution in [2.45, 2.75) is 135 Å². The zero-order valence-electron chi connectivity index (χ0n) is 19.4. The Morgan fingerprint density at radius 3 is 1.26 bits per heavy atom. The van der Waals surface area contributed by atoms with Gasteiger partial charge in [0.05, 0.1) is 12.2 Å². The van der Waals surface area contributed by atoms with Crippen LogP contribution in [-0.2, 0) is 14.2 Å². The number of ether oxygens (including phenoxy) is 3. The maximum absolute atomic E-state index is 6.52. The molecule has 0 unspecified atom stereocenters. The molecule has 0 atom stereocenters. The smallest absolute Gasteiger partial charge is 0.280 e. The van der Waals surface area contributed by atoms with Gasteiger partial charge in [-0.2, -0.15) is 0 Å². The summed E-state index contributed by atoms with van der Waals surface area (Å²) < 4.78 is 19.1. The predicted octanol–water partition coefficient (Wildman–Crippen LogP) is 4.35. The molecule has 2 aliphatic rings. The first-order valence-corrected chi connectivity index (χ1v) is 10.6. The van der Waals surface area contributed by atoms with Crippen molar-refractivity contribution in [1.29, 1.82) is 0 Å². The molecule has 5 heteroatoms. The van der Waals surface area contributed by atoms with Crippen molar-refractivity contribution in [2.24, 2.45) is 0 Å². The van der Waals surface area contributed by atoms with Gasteiger partial charge < -0.3 is 24.8 Å². The average Bonchev–Trinajstić information content (AvgIpc) is 2.28. The number of nitrogens with one attached hydrogen (secondary N) is 2. The van der Waals surface area contributed by atoms with Crippen LogP contribution in [0.25, 0.3) is 0 Å². The summed E-state index contributed by atoms with van der Waals surface area (Å²) >= 11 is 0. The van der Waals surface area contributed by atoms with Crippen molar-refractivity contribution >= 4 is 0 Å². The van der Waals surface area contributed by atoms with Crippen LogP contribution in [0.2, 0.25) is 0 Å². The van der Waals surface area contributed by atoms with E-state index in [2.05, 4.69) is 66.0 Å². The molecule has 160 valence electrons. The highest BCUT2D eigenvalue weighted by Crippen LogP contribution is 2.37. The molecular formula is C22H44N2O3. The van der Waals surface area contributed by atoms with E-state index in [0.717, 1.165) is 25.7 Å². The Morgan fingerprint density at radius 1 is 0.704 bits per heavy atom. The SMILES string of the molecule is CCOC(C)(OC1CC(C)(C)NC(C)(C)C1)OC1CC(C)(C)NC(C)(C)C1. The lowest BCUT2D eigenvalue weighted by Gasteiger charge is -2.50. The van der Waals surface area contributed by atoms with Gasteiger partial charge in [-0.05, 0) is 88.0 Å². The van der Waals surface area contributed by atoms with E-state index >= 15 is 0 Å². The predicted molar refractivity (Wildman–Crippen MR) is 111 cm³/mol. The Morgan fingerprint density at radius 2 is 1.00 bits per heavy atom. The van der Waals surface area contributed by atoms with Gasteiger partial charge in [0, 0.05) is 35.7 Å². The van der Waals surface area contributed by atoms with Crippen molar-refractivity contribution in [3.05, 3.63) is 0 Å². The fourth-order valence-corrected chi connectivity index (χ4v) is 5.59. The van der Waals surface area contributed by atoms with Crippen LogP contribution in [0.1, 0.15) is 94.9 Å². The maximum atomic E-state index is 6.52. The summed E-state index contributed by atoms with van der Waals surface area (Å²) in [5.41, 5.74) is 0.104. The molecule has 0 bridgehead atoms. The summed E-state index contributed by atoms with van der Waals surface area (Å²) in [6.45, 7) is 22.4. The molecule has 0 aliphatic carbocycles. The van der Waals surface area contributed by atoms with E-state index in [-0.39, 0.29) is 34.4 Å². The van der Waals surface area contributed by atoms with Gasteiger partial charge in [0.15, 0.2) is 0 Å². The molecule has 0 aromatic rings. The third-order valence-electron chi connectivity index (χ3n) is 5.47. The Labute approximate surface area is 167 Å². The summed E-state index contributed by atoms with van der Waals surface area (Å²) in [6.07, 6.45) is 3.93. The second kappa shape index (κ2) is 7.56. The van der Waals surface area contributed by atoms with Crippen LogP contribution in [0.4, 0.5) is 0 Å². The third kappa shape index (κ3) is 6.97. The van der Waals surface area contributed by atoms with Gasteiger partial charge in [-0.25, -0.2) is 0 Å². The first-order valence-electron chi connectivity index (χ1n) is 10.6. The molecule has 2 rings (SSSR count). The van der Waals surface area contributed by atoms with Crippen LogP contribution in [0.15, 0.2) is 0 Å². The van der Waals surface area contributed by atoms with E-state index in [9.17, 15) is 0 Å². The minimum Gasteiger partial charge on any atom is -0.328 e. The van der Waals surface area contributed by atoms with Gasteiger partial charge in [-0.1, -0.05) is 0 Å². The molecule has 0 aromatic carbocycles. The average molecular weight is 385 g/mol. The monoisotopic (exact) mass is 384 g/mol. The van der Waals surface area contributed by atoms with Crippen LogP contribution in [0, 0.1) is 0 Å². The van der Waals surface area contributed by atoms with E-state index in [1.165, 1.54) is 0 Å². The molecular weight excluding hydrogens is 340 g/mol. The largest absolute Gasteiger partial charge is 0.328 e. The molecule has 0 spiro atoms. The highest BCUT2D eigenvalue weighted by molar-refractivity contribution is 4.99. The van der Waals surface area contributed by atoms with E-state index < -0.39 is 5.97 Å². The lowest BCUT2D eigenvalue weighted by atomic mass is 9.81. The van der Waals surface area contributed by atoms with Crippen molar-refractivity contribution in [1.82, 2.24) is 10.6 Å². The summed E-state index contributed by atoms with van der Waals surface area (Å²) in [6, 6.07) is 0. The summed E-state index contributed by atoms with van der Waals surface area (Å²) in [4.78, 5) is 0. The van der Waals surface area contributed by atoms with E-state index in [1.807, 2.05) is 13.8 Å². The molecule has 5 nitrogen and oxygen atoms in total. The summed E-state index contributed by atoms with van der Waals surface area (Å²) in [5, 5.41) is 7.43. The standard InChI is InChI=1S/C22H44N2O3/c1-11-25-22(10,26-16-12-18(2,3)23-19(4,5)13-16)27-17-14-20(6,7)24-21(8,9)15-17/h16-17,23-24H,11-15H2,1-10H3. The fourth-order valence-electron chi connectivity index (χ4n) is 5.59. The Hall–Kier alpha value is -0.200. The van der Waals surface area contributed by atoms with Crippen LogP contribution < -0.4 is 10.6 Å². The zero-order chi connectivity index (χ0) is 20.7. The van der Waals surface area contributed by atoms with Crippen LogP contribution in [0.3, 0.4) is 0 Å². The van der Waals surface area contributed by atoms with E-state index in [4.69, 9.17) is 14.2 Å². The summed E-state index contributed by atoms with van der Waals surface area (Å²) in [7, 11) is 0. The van der Waals surface area contributed by atoms with Gasteiger partial charge in [0.2, 0.25) is 0 Å². The topological polar surface area (TPSA) is 51.8 Å². The van der Waals surface area contributed by atoms with Gasteiger partial charge in [0.1, 0.15) is 0 Å². The van der Waals surface area contributed by atoms with Crippen molar-refractivity contribution < 1.29 is 14.2 Å². The van der Waals surface area contributed by atoms with Gasteiger partial charge in [-0.3, -0.25) is 0 Å². The first kappa shape index (κ1) is 23.1. The first-order chi connectivity index (χ1) is 12.0. The molecule has 0 aromatic heterocycles. The normalized spacial score (nSPS) is 28.2. The Balaban J connectivity index is 2.12. The van der Waals surface area contributed by atoms with Crippen molar-refractivity contribution in [3.8, 4) is 0 Å². The lowest BCUT2D eigenvalue weighted by Crippen LogP contribution is -2.62. The van der Waals surface area contributed by atoms with Crippen LogP contribution in [-0.4, -0.2) is 46.9 Å². The van der Waals surface area contributed by atoms with Crippen molar-refractivity contribution in [2.75, 3.05) is 6.61 Å². The van der Waals surface area contributed by atoms with Gasteiger partial charge in [-0.15, -0.1) is 0 Å². The van der Waals surface area contributed by atoms with Gasteiger partial charge >= 0.3 is 0 Å². The van der Waals surface area contributed by atoms with Crippen molar-refractivity contribution in [3.63, 3.8) is 0 Å². The Kier molecular flexibility index (Phi) is 6.47. The molecule has 0 radical (unpaired) electrons. The highest BCUT2D eigenvalue weighted by atomic mass is 16.9. The second-order valence-electron chi connectivity index (χ2n) is 11.4. The third-order valence-corrected chi connectivity index (χ3v) is 5.47. The molecule has 2 N–H and O–H groups in total. The molecule has 2 fully saturated rings. The number of hydrogen-bond donors (Lipinski definition) is 2. The van der Waals surface area contributed by atoms with Gasteiger partial charge in [0.25, 0.3) is 5.97 Å². The highest BCUT2D eigenvalue weighted by Gasteiger charge is 2.45. The zero-order valence-corrected chi connectivity index (χ0v) is 19.4. The summed E-state index contributed by atoms with van der Waals surface area (Å²) in [5.74, 6) is -1.02. The maximum Gasteiger partial charge on any atom is 0.280 e.